The van der Waals surface area contributed by atoms with Crippen molar-refractivity contribution >= 4 is 0 Å². The summed E-state index contributed by atoms with van der Waals surface area (Å²) in [7, 11) is 1.96. The van der Waals surface area contributed by atoms with Crippen LogP contribution in [0.4, 0.5) is 0 Å². The third kappa shape index (κ3) is 6.60. The van der Waals surface area contributed by atoms with E-state index < -0.39 is 0 Å². The van der Waals surface area contributed by atoms with Gasteiger partial charge in [-0.3, -0.25) is 0 Å². The van der Waals surface area contributed by atoms with E-state index in [1.807, 2.05) is 13.1 Å². The lowest BCUT2D eigenvalue weighted by atomic mass is 10.2. The molecule has 3 nitrogen and oxygen atoms in total. The Morgan fingerprint density at radius 2 is 2.05 bits per heavy atom. The minimum atomic E-state index is 0.764. The molecule has 3 heteroatoms. The number of nitrogens with one attached hydrogen (secondary N) is 1. The summed E-state index contributed by atoms with van der Waals surface area (Å²) in [4.78, 5) is 2.45. The smallest absolute Gasteiger partial charge is 0.119 e. The fraction of sp³-hybridized carbons (Fsp3) is 0.625. The average Bonchev–Trinajstić information content (AvgIpc) is 2.43. The molecular weight excluding hydrogens is 236 g/mol. The van der Waals surface area contributed by atoms with Gasteiger partial charge in [-0.05, 0) is 44.3 Å². The van der Waals surface area contributed by atoms with Crippen molar-refractivity contribution < 1.29 is 4.74 Å². The van der Waals surface area contributed by atoms with Crippen LogP contribution in [0.25, 0.3) is 0 Å². The zero-order valence-electron chi connectivity index (χ0n) is 12.6. The first kappa shape index (κ1) is 16.0. The molecule has 1 N–H and O–H groups in total. The Kier molecular flexibility index (Phi) is 8.26. The Morgan fingerprint density at radius 1 is 1.21 bits per heavy atom. The SMILES string of the molecule is CCCCN(CC)CCOc1cccc(CNC)c1. The number of nitrogens with zero attached hydrogens (tertiary/aromatic N) is 1. The molecule has 0 heterocycles. The maximum absolute atomic E-state index is 5.84. The molecule has 0 spiro atoms. The minimum absolute atomic E-state index is 0.764. The Balaban J connectivity index is 2.33. The lowest BCUT2D eigenvalue weighted by molar-refractivity contribution is 0.213. The molecule has 0 bridgehead atoms. The van der Waals surface area contributed by atoms with Crippen LogP contribution in [0.1, 0.15) is 32.3 Å². The second-order valence-corrected chi connectivity index (χ2v) is 4.81. The first-order valence-corrected chi connectivity index (χ1v) is 7.38. The highest BCUT2D eigenvalue weighted by Crippen LogP contribution is 2.13. The van der Waals surface area contributed by atoms with Crippen LogP contribution in [0.15, 0.2) is 24.3 Å². The van der Waals surface area contributed by atoms with Gasteiger partial charge in [-0.25, -0.2) is 0 Å². The van der Waals surface area contributed by atoms with Gasteiger partial charge in [-0.15, -0.1) is 0 Å². The molecule has 0 aliphatic heterocycles. The van der Waals surface area contributed by atoms with Crippen molar-refractivity contribution in [1.29, 1.82) is 0 Å². The van der Waals surface area contributed by atoms with Crippen LogP contribution in [0, 0.1) is 0 Å². The summed E-state index contributed by atoms with van der Waals surface area (Å²) in [5.41, 5.74) is 1.26. The summed E-state index contributed by atoms with van der Waals surface area (Å²) in [5, 5.41) is 3.15. The summed E-state index contributed by atoms with van der Waals surface area (Å²) in [5.74, 6) is 0.972. The zero-order chi connectivity index (χ0) is 13.9. The van der Waals surface area contributed by atoms with E-state index in [0.717, 1.165) is 32.0 Å². The molecule has 108 valence electrons. The lowest BCUT2D eigenvalue weighted by Crippen LogP contribution is -2.29. The van der Waals surface area contributed by atoms with Crippen LogP contribution in [-0.4, -0.2) is 38.2 Å². The van der Waals surface area contributed by atoms with Crippen molar-refractivity contribution in [3.8, 4) is 5.75 Å². The van der Waals surface area contributed by atoms with Gasteiger partial charge in [0, 0.05) is 13.1 Å². The second-order valence-electron chi connectivity index (χ2n) is 4.81. The second kappa shape index (κ2) is 9.82. The van der Waals surface area contributed by atoms with E-state index in [2.05, 4.69) is 42.3 Å². The highest BCUT2D eigenvalue weighted by molar-refractivity contribution is 5.28. The molecule has 0 saturated heterocycles. The third-order valence-corrected chi connectivity index (χ3v) is 3.23. The van der Waals surface area contributed by atoms with Crippen LogP contribution in [0.2, 0.25) is 0 Å². The fourth-order valence-corrected chi connectivity index (χ4v) is 2.05. The van der Waals surface area contributed by atoms with E-state index in [1.54, 1.807) is 0 Å². The molecule has 0 aliphatic carbocycles. The molecule has 1 aromatic carbocycles. The monoisotopic (exact) mass is 264 g/mol. The van der Waals surface area contributed by atoms with Gasteiger partial charge in [0.1, 0.15) is 12.4 Å². The first-order valence-electron chi connectivity index (χ1n) is 7.38. The lowest BCUT2D eigenvalue weighted by Gasteiger charge is -2.20. The molecule has 0 fully saturated rings. The molecule has 0 amide bonds. The average molecular weight is 264 g/mol. The molecule has 0 radical (unpaired) electrons. The van der Waals surface area contributed by atoms with E-state index in [4.69, 9.17) is 4.74 Å². The number of hydrogen-bond donors (Lipinski definition) is 1. The summed E-state index contributed by atoms with van der Waals surface area (Å²) in [6.07, 6.45) is 2.52. The summed E-state index contributed by atoms with van der Waals surface area (Å²) < 4.78 is 5.84. The van der Waals surface area contributed by atoms with Gasteiger partial charge < -0.3 is 15.0 Å². The molecule has 0 saturated carbocycles. The fourth-order valence-electron chi connectivity index (χ4n) is 2.05. The van der Waals surface area contributed by atoms with E-state index in [1.165, 1.54) is 24.9 Å². The number of ether oxygens (including phenoxy) is 1. The first-order chi connectivity index (χ1) is 9.30. The molecule has 19 heavy (non-hydrogen) atoms. The topological polar surface area (TPSA) is 24.5 Å². The van der Waals surface area contributed by atoms with Crippen LogP contribution >= 0.6 is 0 Å². The molecule has 0 aliphatic rings. The maximum Gasteiger partial charge on any atom is 0.119 e. The number of unbranched alkanes of at least 4 members (excludes halogenated alkanes) is 1. The van der Waals surface area contributed by atoms with Gasteiger partial charge in [-0.1, -0.05) is 32.4 Å². The maximum atomic E-state index is 5.84. The van der Waals surface area contributed by atoms with E-state index in [0.29, 0.717) is 0 Å². The van der Waals surface area contributed by atoms with Crippen molar-refractivity contribution in [3.05, 3.63) is 29.8 Å². The van der Waals surface area contributed by atoms with Gasteiger partial charge in [0.15, 0.2) is 0 Å². The largest absolute Gasteiger partial charge is 0.492 e. The van der Waals surface area contributed by atoms with Crippen LogP contribution in [0.5, 0.6) is 5.75 Å². The number of rotatable bonds is 10. The van der Waals surface area contributed by atoms with Gasteiger partial charge in [-0.2, -0.15) is 0 Å². The molecule has 0 aromatic heterocycles. The normalized spacial score (nSPS) is 10.9. The van der Waals surface area contributed by atoms with Crippen molar-refractivity contribution in [3.63, 3.8) is 0 Å². The Labute approximate surface area is 118 Å². The number of hydrogen-bond acceptors (Lipinski definition) is 3. The van der Waals surface area contributed by atoms with Gasteiger partial charge in [0.05, 0.1) is 0 Å². The number of likely N-dealkylation sites (N-methyl/N-ethyl adjacent to an activating group) is 1. The van der Waals surface area contributed by atoms with Crippen molar-refractivity contribution in [2.75, 3.05) is 33.3 Å². The van der Waals surface area contributed by atoms with Crippen LogP contribution < -0.4 is 10.1 Å². The molecule has 0 unspecified atom stereocenters. The zero-order valence-corrected chi connectivity index (χ0v) is 12.6. The third-order valence-electron chi connectivity index (χ3n) is 3.23. The Morgan fingerprint density at radius 3 is 2.74 bits per heavy atom. The predicted octanol–water partition coefficient (Wildman–Crippen LogP) is 2.91. The molecule has 1 aromatic rings. The Bertz CT molecular complexity index is 341. The molecular formula is C16H28N2O. The highest BCUT2D eigenvalue weighted by atomic mass is 16.5. The van der Waals surface area contributed by atoms with Crippen molar-refractivity contribution in [2.45, 2.75) is 33.2 Å². The van der Waals surface area contributed by atoms with Crippen molar-refractivity contribution in [2.24, 2.45) is 0 Å². The van der Waals surface area contributed by atoms with E-state index in [9.17, 15) is 0 Å². The van der Waals surface area contributed by atoms with Gasteiger partial charge in [0.25, 0.3) is 0 Å². The van der Waals surface area contributed by atoms with E-state index in [-0.39, 0.29) is 0 Å². The highest BCUT2D eigenvalue weighted by Gasteiger charge is 2.02. The molecule has 0 atom stereocenters. The summed E-state index contributed by atoms with van der Waals surface area (Å²) in [6, 6.07) is 8.31. The van der Waals surface area contributed by atoms with Crippen molar-refractivity contribution in [1.82, 2.24) is 10.2 Å². The summed E-state index contributed by atoms with van der Waals surface area (Å²) in [6.45, 7) is 9.38. The Hall–Kier alpha value is -1.06. The quantitative estimate of drug-likeness (QED) is 0.703. The summed E-state index contributed by atoms with van der Waals surface area (Å²) >= 11 is 0. The van der Waals surface area contributed by atoms with Gasteiger partial charge in [0.2, 0.25) is 0 Å². The van der Waals surface area contributed by atoms with Crippen LogP contribution in [0.3, 0.4) is 0 Å². The number of benzene rings is 1. The predicted molar refractivity (Wildman–Crippen MR) is 81.7 cm³/mol. The van der Waals surface area contributed by atoms with E-state index >= 15 is 0 Å². The van der Waals surface area contributed by atoms with Crippen LogP contribution in [-0.2, 0) is 6.54 Å². The minimum Gasteiger partial charge on any atom is -0.492 e. The standard InChI is InChI=1S/C16H28N2O/c1-4-6-10-18(5-2)11-12-19-16-9-7-8-15(13-16)14-17-3/h7-9,13,17H,4-6,10-12,14H2,1-3H3. The van der Waals surface area contributed by atoms with Gasteiger partial charge >= 0.3 is 0 Å². The molecule has 1 rings (SSSR count).